The van der Waals surface area contributed by atoms with Gasteiger partial charge in [-0.15, -0.1) is 0 Å². The topological polar surface area (TPSA) is 63.2 Å². The quantitative estimate of drug-likeness (QED) is 0.333. The average Bonchev–Trinajstić information content (AvgIpc) is 2.92. The molecule has 34 heavy (non-hydrogen) atoms. The Kier molecular flexibility index (Phi) is 24.5. The Hall–Kier alpha value is -1.85. The maximum atomic E-state index is 9.92. The summed E-state index contributed by atoms with van der Waals surface area (Å²) in [6.07, 6.45) is 5.93. The van der Waals surface area contributed by atoms with Crippen molar-refractivity contribution < 1.29 is 26.6 Å². The van der Waals surface area contributed by atoms with Crippen molar-refractivity contribution in [3.05, 3.63) is 71.8 Å². The van der Waals surface area contributed by atoms with E-state index in [2.05, 4.69) is 90.3 Å². The third-order valence-corrected chi connectivity index (χ3v) is 8.36. The van der Waals surface area contributed by atoms with Crippen LogP contribution in [-0.4, -0.2) is 53.5 Å². The summed E-state index contributed by atoms with van der Waals surface area (Å²) >= 11 is 0. The summed E-state index contributed by atoms with van der Waals surface area (Å²) in [5.74, 6) is 0. The van der Waals surface area contributed by atoms with E-state index in [0.717, 1.165) is 25.3 Å². The fraction of sp³-hybridized carbons (Fsp3) is 0.538. The monoisotopic (exact) mass is 510 g/mol. The van der Waals surface area contributed by atoms with Gasteiger partial charge in [-0.25, -0.2) is 0 Å². The van der Waals surface area contributed by atoms with E-state index < -0.39 is 18.0 Å². The fourth-order valence-electron chi connectivity index (χ4n) is 2.52. The Bertz CT molecular complexity index is 626. The van der Waals surface area contributed by atoms with Crippen molar-refractivity contribution in [1.82, 2.24) is 0 Å². The summed E-state index contributed by atoms with van der Waals surface area (Å²) < 4.78 is 33.9. The molecule has 0 fully saturated rings. The summed E-state index contributed by atoms with van der Waals surface area (Å²) in [5, 5.41) is 0. The van der Waals surface area contributed by atoms with Crippen LogP contribution in [0.3, 0.4) is 0 Å². The van der Waals surface area contributed by atoms with Crippen molar-refractivity contribution in [3.63, 3.8) is 0 Å². The van der Waals surface area contributed by atoms with Crippen molar-refractivity contribution in [2.24, 2.45) is 0 Å². The third-order valence-electron chi connectivity index (χ3n) is 4.71. The summed E-state index contributed by atoms with van der Waals surface area (Å²) in [5.41, 5.74) is 2.83. The average molecular weight is 511 g/mol. The first-order valence-electron chi connectivity index (χ1n) is 11.8. The van der Waals surface area contributed by atoms with E-state index in [4.69, 9.17) is 13.3 Å². The molecule has 0 aliphatic heterocycles. The number of rotatable bonds is 11. The molecule has 0 unspecified atom stereocenters. The molecule has 0 heterocycles. The number of benzene rings is 2. The molecule has 2 rings (SSSR count). The number of hydrogen-bond acceptors (Lipinski definition) is 6. The van der Waals surface area contributed by atoms with Gasteiger partial charge in [0.05, 0.1) is 14.2 Å². The maximum absolute atomic E-state index is 9.92. The van der Waals surface area contributed by atoms with Crippen LogP contribution in [0.1, 0.15) is 51.2 Å². The predicted molar refractivity (Wildman–Crippen MR) is 143 cm³/mol. The Morgan fingerprint density at radius 3 is 1.15 bits per heavy atom. The summed E-state index contributed by atoms with van der Waals surface area (Å²) in [7, 11) is 3.24. The van der Waals surface area contributed by atoms with Crippen LogP contribution in [0.2, 0.25) is 6.04 Å². The third kappa shape index (κ3) is 18.6. The highest BCUT2D eigenvalue weighted by molar-refractivity contribution is 6.60. The fourth-order valence-corrected chi connectivity index (χ4v) is 4.42. The highest BCUT2D eigenvalue weighted by atomic mass is 28.4. The van der Waals surface area contributed by atoms with Crippen molar-refractivity contribution in [3.8, 4) is 0 Å². The Balaban J connectivity index is 0. The van der Waals surface area contributed by atoms with Crippen LogP contribution < -0.4 is 0 Å². The van der Waals surface area contributed by atoms with E-state index in [-0.39, 0.29) is 0 Å². The number of hydrogen-bond donors (Lipinski definition) is 0. The van der Waals surface area contributed by atoms with Crippen LogP contribution in [0.5, 0.6) is 0 Å². The van der Waals surface area contributed by atoms with Gasteiger partial charge in [-0.3, -0.25) is 4.46 Å². The van der Waals surface area contributed by atoms with Crippen LogP contribution in [0.15, 0.2) is 60.7 Å². The molecule has 2 aromatic carbocycles. The zero-order valence-electron chi connectivity index (χ0n) is 22.5. The van der Waals surface area contributed by atoms with Gasteiger partial charge < -0.3 is 22.1 Å². The first kappa shape index (κ1) is 34.3. The SMILES string of the molecule is CCCC.CCC[Si](OC)(OC)OC.CO[Si](=O)OC.c1ccc(CCc2ccccc2)cc1. The van der Waals surface area contributed by atoms with Gasteiger partial charge in [0.15, 0.2) is 0 Å². The van der Waals surface area contributed by atoms with Crippen LogP contribution in [0.25, 0.3) is 0 Å². The lowest BCUT2D eigenvalue weighted by Crippen LogP contribution is -2.42. The lowest BCUT2D eigenvalue weighted by molar-refractivity contribution is 0.123. The molecule has 2 aromatic rings. The minimum absolute atomic E-state index is 0.885. The van der Waals surface area contributed by atoms with Gasteiger partial charge in [0.1, 0.15) is 0 Å². The van der Waals surface area contributed by atoms with E-state index in [1.165, 1.54) is 38.2 Å². The first-order valence-corrected chi connectivity index (χ1v) is 14.9. The molecule has 0 aromatic heterocycles. The summed E-state index contributed by atoms with van der Waals surface area (Å²) in [6.45, 7) is 6.44. The zero-order valence-corrected chi connectivity index (χ0v) is 24.5. The highest BCUT2D eigenvalue weighted by Gasteiger charge is 2.36. The predicted octanol–water partition coefficient (Wildman–Crippen LogP) is 6.25. The van der Waals surface area contributed by atoms with E-state index in [9.17, 15) is 4.46 Å². The second-order valence-electron chi connectivity index (χ2n) is 7.17. The van der Waals surface area contributed by atoms with Crippen LogP contribution in [-0.2, 0) is 39.4 Å². The van der Waals surface area contributed by atoms with Crippen molar-refractivity contribution in [1.29, 1.82) is 0 Å². The first-order chi connectivity index (χ1) is 16.4. The zero-order chi connectivity index (χ0) is 26.1. The van der Waals surface area contributed by atoms with Gasteiger partial charge in [0.2, 0.25) is 0 Å². The summed E-state index contributed by atoms with van der Waals surface area (Å²) in [6, 6.07) is 22.1. The molecular formula is C26H46O6Si2. The van der Waals surface area contributed by atoms with Crippen LogP contribution >= 0.6 is 0 Å². The molecule has 0 aliphatic carbocycles. The van der Waals surface area contributed by atoms with Gasteiger partial charge in [0, 0.05) is 27.4 Å². The number of unbranched alkanes of at least 4 members (excludes halogenated alkanes) is 1. The standard InChI is InChI=1S/C14H14.C6H16O3Si.C4H10.C2H6O3Si/c1-3-7-13(8-4-1)11-12-14-9-5-2-6-10-14;1-5-6-10(7-2,8-3)9-4;1-3-4-2;1-4-6(3)5-2/h1-10H,11-12H2;5-6H2,1-4H3;3-4H2,1-2H3;1-2H3. The second-order valence-corrected chi connectivity index (χ2v) is 11.6. The van der Waals surface area contributed by atoms with Crippen LogP contribution in [0, 0.1) is 0 Å². The van der Waals surface area contributed by atoms with E-state index in [1.54, 1.807) is 21.3 Å². The van der Waals surface area contributed by atoms with Crippen molar-refractivity contribution in [2.75, 3.05) is 35.5 Å². The maximum Gasteiger partial charge on any atom is 0.766 e. The molecule has 194 valence electrons. The Morgan fingerprint density at radius 2 is 0.971 bits per heavy atom. The second kappa shape index (κ2) is 24.3. The molecule has 0 saturated carbocycles. The van der Waals surface area contributed by atoms with Crippen molar-refractivity contribution in [2.45, 2.75) is 58.9 Å². The molecule has 0 bridgehead atoms. The molecule has 0 N–H and O–H groups in total. The lowest BCUT2D eigenvalue weighted by Gasteiger charge is -2.23. The van der Waals surface area contributed by atoms with E-state index in [0.29, 0.717) is 0 Å². The van der Waals surface area contributed by atoms with E-state index >= 15 is 0 Å². The Labute approximate surface area is 210 Å². The van der Waals surface area contributed by atoms with Gasteiger partial charge >= 0.3 is 18.0 Å². The molecule has 0 aliphatic rings. The van der Waals surface area contributed by atoms with Crippen molar-refractivity contribution >= 4 is 18.0 Å². The highest BCUT2D eigenvalue weighted by Crippen LogP contribution is 2.13. The Morgan fingerprint density at radius 1 is 0.618 bits per heavy atom. The molecule has 0 amide bonds. The van der Waals surface area contributed by atoms with Gasteiger partial charge in [0.25, 0.3) is 0 Å². The molecule has 0 saturated heterocycles. The molecule has 0 radical (unpaired) electrons. The largest absolute Gasteiger partial charge is 0.766 e. The summed E-state index contributed by atoms with van der Waals surface area (Å²) in [4.78, 5) is 0. The normalized spacial score (nSPS) is 9.76. The molecular weight excluding hydrogens is 464 g/mol. The molecule has 6 nitrogen and oxygen atoms in total. The minimum atomic E-state index is -2.22. The van der Waals surface area contributed by atoms with E-state index in [1.807, 2.05) is 0 Å². The molecule has 0 spiro atoms. The molecule has 8 heteroatoms. The number of aryl methyl sites for hydroxylation is 2. The smallest absolute Gasteiger partial charge is 0.499 e. The van der Waals surface area contributed by atoms with Gasteiger partial charge in [-0.05, 0) is 24.0 Å². The molecule has 0 atom stereocenters. The lowest BCUT2D eigenvalue weighted by atomic mass is 10.0. The van der Waals surface area contributed by atoms with Crippen LogP contribution in [0.4, 0.5) is 0 Å². The van der Waals surface area contributed by atoms with Gasteiger partial charge in [-0.1, -0.05) is 101 Å². The van der Waals surface area contributed by atoms with Gasteiger partial charge in [-0.2, -0.15) is 0 Å². The minimum Gasteiger partial charge on any atom is -0.499 e.